The largest absolute Gasteiger partial charge is 0.381 e. The van der Waals surface area contributed by atoms with Crippen molar-refractivity contribution in [1.82, 2.24) is 4.98 Å². The first-order valence-electron chi connectivity index (χ1n) is 5.97. The van der Waals surface area contributed by atoms with Crippen molar-refractivity contribution in [3.8, 4) is 0 Å². The topological polar surface area (TPSA) is 22.1 Å². The summed E-state index contributed by atoms with van der Waals surface area (Å²) in [7, 11) is 0. The standard InChI is InChI=1S/C15H17NO/c1-2-6-14(7-3-1)9-12-17-13-10-15-8-4-5-11-16-15/h1-8,11H,9-10,12-13H2. The van der Waals surface area contributed by atoms with E-state index in [9.17, 15) is 0 Å². The maximum absolute atomic E-state index is 5.60. The normalized spacial score (nSPS) is 10.4. The summed E-state index contributed by atoms with van der Waals surface area (Å²) in [5, 5.41) is 0. The lowest BCUT2D eigenvalue weighted by atomic mass is 10.2. The Balaban J connectivity index is 1.61. The molecule has 0 unspecified atom stereocenters. The predicted molar refractivity (Wildman–Crippen MR) is 68.9 cm³/mol. The van der Waals surface area contributed by atoms with Gasteiger partial charge in [-0.05, 0) is 24.1 Å². The lowest BCUT2D eigenvalue weighted by Crippen LogP contribution is -2.03. The van der Waals surface area contributed by atoms with Crippen molar-refractivity contribution in [3.63, 3.8) is 0 Å². The van der Waals surface area contributed by atoms with E-state index in [1.54, 1.807) is 0 Å². The van der Waals surface area contributed by atoms with Gasteiger partial charge < -0.3 is 4.74 Å². The van der Waals surface area contributed by atoms with Gasteiger partial charge in [0.05, 0.1) is 13.2 Å². The molecule has 0 spiro atoms. The van der Waals surface area contributed by atoms with E-state index < -0.39 is 0 Å². The molecule has 1 heterocycles. The van der Waals surface area contributed by atoms with Crippen molar-refractivity contribution in [2.75, 3.05) is 13.2 Å². The highest BCUT2D eigenvalue weighted by molar-refractivity contribution is 5.14. The van der Waals surface area contributed by atoms with Crippen molar-refractivity contribution < 1.29 is 4.74 Å². The number of pyridine rings is 1. The van der Waals surface area contributed by atoms with Gasteiger partial charge in [-0.3, -0.25) is 4.98 Å². The molecular weight excluding hydrogens is 210 g/mol. The molecule has 0 amide bonds. The van der Waals surface area contributed by atoms with Crippen molar-refractivity contribution in [3.05, 3.63) is 66.0 Å². The molecule has 17 heavy (non-hydrogen) atoms. The van der Waals surface area contributed by atoms with Crippen LogP contribution in [-0.4, -0.2) is 18.2 Å². The van der Waals surface area contributed by atoms with Crippen LogP contribution in [0.3, 0.4) is 0 Å². The van der Waals surface area contributed by atoms with Crippen LogP contribution in [-0.2, 0) is 17.6 Å². The van der Waals surface area contributed by atoms with Gasteiger partial charge >= 0.3 is 0 Å². The third-order valence-corrected chi connectivity index (χ3v) is 2.61. The average Bonchev–Trinajstić information content (AvgIpc) is 2.41. The fourth-order valence-electron chi connectivity index (χ4n) is 1.66. The molecule has 0 bridgehead atoms. The molecule has 0 radical (unpaired) electrons. The van der Waals surface area contributed by atoms with E-state index in [1.807, 2.05) is 30.5 Å². The van der Waals surface area contributed by atoms with Gasteiger partial charge in [0.1, 0.15) is 0 Å². The fourth-order valence-corrected chi connectivity index (χ4v) is 1.66. The van der Waals surface area contributed by atoms with Crippen molar-refractivity contribution >= 4 is 0 Å². The van der Waals surface area contributed by atoms with E-state index in [0.717, 1.165) is 31.7 Å². The highest BCUT2D eigenvalue weighted by atomic mass is 16.5. The zero-order valence-corrected chi connectivity index (χ0v) is 9.88. The Morgan fingerprint density at radius 2 is 1.59 bits per heavy atom. The zero-order valence-electron chi connectivity index (χ0n) is 9.88. The molecule has 88 valence electrons. The Morgan fingerprint density at radius 3 is 2.35 bits per heavy atom. The summed E-state index contributed by atoms with van der Waals surface area (Å²) in [5.41, 5.74) is 2.41. The smallest absolute Gasteiger partial charge is 0.0521 e. The molecule has 1 aromatic heterocycles. The maximum atomic E-state index is 5.60. The molecule has 2 heteroatoms. The molecule has 0 aliphatic heterocycles. The second-order valence-corrected chi connectivity index (χ2v) is 3.92. The molecule has 0 atom stereocenters. The summed E-state index contributed by atoms with van der Waals surface area (Å²) < 4.78 is 5.60. The summed E-state index contributed by atoms with van der Waals surface area (Å²) >= 11 is 0. The number of benzene rings is 1. The van der Waals surface area contributed by atoms with Gasteiger partial charge in [0, 0.05) is 18.3 Å². The Hall–Kier alpha value is -1.67. The first-order chi connectivity index (χ1) is 8.45. The molecule has 0 N–H and O–H groups in total. The molecular formula is C15H17NO. The third kappa shape index (κ3) is 4.37. The van der Waals surface area contributed by atoms with Gasteiger partial charge in [-0.2, -0.15) is 0 Å². The van der Waals surface area contributed by atoms with E-state index in [2.05, 4.69) is 29.2 Å². The monoisotopic (exact) mass is 227 g/mol. The summed E-state index contributed by atoms with van der Waals surface area (Å²) in [6.07, 6.45) is 3.68. The molecule has 2 nitrogen and oxygen atoms in total. The van der Waals surface area contributed by atoms with Gasteiger partial charge in [-0.15, -0.1) is 0 Å². The van der Waals surface area contributed by atoms with Crippen LogP contribution < -0.4 is 0 Å². The molecule has 0 saturated heterocycles. The maximum Gasteiger partial charge on any atom is 0.0521 e. The molecule has 0 fully saturated rings. The Labute approximate surface area is 102 Å². The fraction of sp³-hybridized carbons (Fsp3) is 0.267. The van der Waals surface area contributed by atoms with Crippen LogP contribution in [0.2, 0.25) is 0 Å². The highest BCUT2D eigenvalue weighted by Crippen LogP contribution is 2.00. The van der Waals surface area contributed by atoms with Gasteiger partial charge in [-0.25, -0.2) is 0 Å². The summed E-state index contributed by atoms with van der Waals surface area (Å²) in [6, 6.07) is 16.4. The minimum Gasteiger partial charge on any atom is -0.381 e. The number of hydrogen-bond acceptors (Lipinski definition) is 2. The molecule has 0 aliphatic carbocycles. The van der Waals surface area contributed by atoms with E-state index in [0.29, 0.717) is 0 Å². The van der Waals surface area contributed by atoms with E-state index >= 15 is 0 Å². The van der Waals surface area contributed by atoms with Crippen molar-refractivity contribution in [1.29, 1.82) is 0 Å². The minimum absolute atomic E-state index is 0.740. The molecule has 0 saturated carbocycles. The van der Waals surface area contributed by atoms with E-state index in [1.165, 1.54) is 5.56 Å². The van der Waals surface area contributed by atoms with Crippen LogP contribution in [0.1, 0.15) is 11.3 Å². The van der Waals surface area contributed by atoms with E-state index in [-0.39, 0.29) is 0 Å². The number of aromatic nitrogens is 1. The molecule has 0 aliphatic rings. The van der Waals surface area contributed by atoms with Gasteiger partial charge in [0.2, 0.25) is 0 Å². The molecule has 1 aromatic carbocycles. The summed E-state index contributed by atoms with van der Waals surface area (Å²) in [4.78, 5) is 4.25. The minimum atomic E-state index is 0.740. The van der Waals surface area contributed by atoms with Gasteiger partial charge in [0.15, 0.2) is 0 Å². The second kappa shape index (κ2) is 6.81. The van der Waals surface area contributed by atoms with Gasteiger partial charge in [-0.1, -0.05) is 36.4 Å². The van der Waals surface area contributed by atoms with Crippen LogP contribution >= 0.6 is 0 Å². The Bertz CT molecular complexity index is 372. The number of nitrogens with zero attached hydrogens (tertiary/aromatic N) is 1. The van der Waals surface area contributed by atoms with Crippen molar-refractivity contribution in [2.24, 2.45) is 0 Å². The van der Waals surface area contributed by atoms with Crippen LogP contribution in [0.25, 0.3) is 0 Å². The van der Waals surface area contributed by atoms with E-state index in [4.69, 9.17) is 4.74 Å². The number of hydrogen-bond donors (Lipinski definition) is 0. The first-order valence-corrected chi connectivity index (χ1v) is 5.97. The van der Waals surface area contributed by atoms with Gasteiger partial charge in [0.25, 0.3) is 0 Å². The van der Waals surface area contributed by atoms with Crippen LogP contribution in [0.5, 0.6) is 0 Å². The summed E-state index contributed by atoms with van der Waals surface area (Å²) in [5.74, 6) is 0. The average molecular weight is 227 g/mol. The predicted octanol–water partition coefficient (Wildman–Crippen LogP) is 2.88. The molecule has 2 rings (SSSR count). The van der Waals surface area contributed by atoms with Crippen LogP contribution in [0.4, 0.5) is 0 Å². The second-order valence-electron chi connectivity index (χ2n) is 3.92. The summed E-state index contributed by atoms with van der Waals surface area (Å²) in [6.45, 7) is 1.51. The quantitative estimate of drug-likeness (QED) is 0.708. The van der Waals surface area contributed by atoms with Crippen LogP contribution in [0, 0.1) is 0 Å². The van der Waals surface area contributed by atoms with Crippen molar-refractivity contribution in [2.45, 2.75) is 12.8 Å². The highest BCUT2D eigenvalue weighted by Gasteiger charge is 1.94. The Kier molecular flexibility index (Phi) is 4.73. The third-order valence-electron chi connectivity index (χ3n) is 2.61. The number of rotatable bonds is 6. The number of ether oxygens (including phenoxy) is 1. The molecule has 2 aromatic rings. The lowest BCUT2D eigenvalue weighted by molar-refractivity contribution is 0.139. The zero-order chi connectivity index (χ0) is 11.8. The SMILES string of the molecule is c1ccc(CCOCCc2ccccn2)cc1. The lowest BCUT2D eigenvalue weighted by Gasteiger charge is -2.04. The first kappa shape index (κ1) is 11.8. The Morgan fingerprint density at radius 1 is 0.824 bits per heavy atom. The van der Waals surface area contributed by atoms with Crippen LogP contribution in [0.15, 0.2) is 54.7 Å².